The molecule has 0 saturated heterocycles. The summed E-state index contributed by atoms with van der Waals surface area (Å²) in [6, 6.07) is 8.73. The van der Waals surface area contributed by atoms with Gasteiger partial charge in [0.05, 0.1) is 6.61 Å². The first-order valence-corrected chi connectivity index (χ1v) is 6.51. The van der Waals surface area contributed by atoms with Crippen molar-refractivity contribution in [3.05, 3.63) is 42.5 Å². The Morgan fingerprint density at radius 2 is 2.17 bits per heavy atom. The number of aliphatic hydroxyl groups excluding tert-OH is 1. The van der Waals surface area contributed by atoms with Gasteiger partial charge in [0.2, 0.25) is 0 Å². The average Bonchev–Trinajstić information content (AvgIpc) is 3.21. The van der Waals surface area contributed by atoms with E-state index in [-0.39, 0.29) is 6.61 Å². The number of aliphatic hydroxyl groups is 1. The van der Waals surface area contributed by atoms with Gasteiger partial charge in [0, 0.05) is 24.7 Å². The van der Waals surface area contributed by atoms with Gasteiger partial charge in [-0.1, -0.05) is 30.9 Å². The Hall–Kier alpha value is -1.32. The second-order valence-corrected chi connectivity index (χ2v) is 4.63. The topological polar surface area (TPSA) is 32.7 Å². The zero-order chi connectivity index (χ0) is 12.8. The molecule has 3 heteroatoms. The van der Waals surface area contributed by atoms with Crippen molar-refractivity contribution in [2.24, 2.45) is 0 Å². The third kappa shape index (κ3) is 3.59. The van der Waals surface area contributed by atoms with Crippen LogP contribution in [0.15, 0.2) is 36.9 Å². The highest BCUT2D eigenvalue weighted by Crippen LogP contribution is 2.29. The number of rotatable bonds is 8. The maximum absolute atomic E-state index is 9.12. The van der Waals surface area contributed by atoms with Gasteiger partial charge in [-0.25, -0.2) is 0 Å². The van der Waals surface area contributed by atoms with Crippen LogP contribution in [0, 0.1) is 0 Å². The predicted octanol–water partition coefficient (Wildman–Crippen LogP) is 2.21. The van der Waals surface area contributed by atoms with Crippen LogP contribution in [0.4, 0.5) is 0 Å². The fourth-order valence-corrected chi connectivity index (χ4v) is 2.10. The van der Waals surface area contributed by atoms with Gasteiger partial charge in [0.15, 0.2) is 0 Å². The fraction of sp³-hybridized carbons (Fsp3) is 0.467. The molecule has 0 heterocycles. The molecule has 1 fully saturated rings. The number of nitrogens with zero attached hydrogens (tertiary/aromatic N) is 1. The Kier molecular flexibility index (Phi) is 4.79. The van der Waals surface area contributed by atoms with Crippen LogP contribution in [0.3, 0.4) is 0 Å². The Bertz CT molecular complexity index is 388. The van der Waals surface area contributed by atoms with E-state index in [9.17, 15) is 0 Å². The molecule has 0 unspecified atom stereocenters. The summed E-state index contributed by atoms with van der Waals surface area (Å²) in [6.07, 6.45) is 4.24. The van der Waals surface area contributed by atoms with E-state index >= 15 is 0 Å². The Morgan fingerprint density at radius 1 is 1.39 bits per heavy atom. The molecule has 1 saturated carbocycles. The van der Waals surface area contributed by atoms with Crippen molar-refractivity contribution in [2.45, 2.75) is 25.4 Å². The zero-order valence-corrected chi connectivity index (χ0v) is 10.7. The van der Waals surface area contributed by atoms with E-state index in [1.807, 2.05) is 18.2 Å². The average molecular weight is 247 g/mol. The highest BCUT2D eigenvalue weighted by atomic mass is 16.5. The van der Waals surface area contributed by atoms with Crippen LogP contribution >= 0.6 is 0 Å². The lowest BCUT2D eigenvalue weighted by Crippen LogP contribution is -2.28. The maximum atomic E-state index is 9.12. The highest BCUT2D eigenvalue weighted by Gasteiger charge is 2.28. The number of benzene rings is 1. The quantitative estimate of drug-likeness (QED) is 0.715. The van der Waals surface area contributed by atoms with Gasteiger partial charge in [0.25, 0.3) is 0 Å². The number of hydrogen-bond acceptors (Lipinski definition) is 3. The summed E-state index contributed by atoms with van der Waals surface area (Å²) < 4.78 is 5.66. The van der Waals surface area contributed by atoms with Crippen molar-refractivity contribution < 1.29 is 9.84 Å². The SMILES string of the molecule is C=CCOc1ccccc1CN(CCO)C1CC1. The minimum Gasteiger partial charge on any atom is -0.489 e. The van der Waals surface area contributed by atoms with Gasteiger partial charge in [-0.2, -0.15) is 0 Å². The lowest BCUT2D eigenvalue weighted by atomic mass is 10.2. The number of ether oxygens (including phenoxy) is 1. The standard InChI is InChI=1S/C15H21NO2/c1-2-11-18-15-6-4-3-5-13(15)12-16(9-10-17)14-7-8-14/h2-6,14,17H,1,7-12H2. The minimum absolute atomic E-state index is 0.214. The molecule has 0 bridgehead atoms. The first-order chi connectivity index (χ1) is 8.85. The zero-order valence-electron chi connectivity index (χ0n) is 10.7. The smallest absolute Gasteiger partial charge is 0.124 e. The first-order valence-electron chi connectivity index (χ1n) is 6.51. The molecule has 1 N–H and O–H groups in total. The third-order valence-electron chi connectivity index (χ3n) is 3.15. The number of para-hydroxylation sites is 1. The van der Waals surface area contributed by atoms with Crippen LogP contribution in [0.5, 0.6) is 5.75 Å². The molecule has 0 aliphatic heterocycles. The molecule has 0 amide bonds. The van der Waals surface area contributed by atoms with Crippen molar-refractivity contribution in [1.29, 1.82) is 0 Å². The van der Waals surface area contributed by atoms with E-state index < -0.39 is 0 Å². The van der Waals surface area contributed by atoms with Gasteiger partial charge in [-0.15, -0.1) is 0 Å². The second kappa shape index (κ2) is 6.57. The van der Waals surface area contributed by atoms with Crippen LogP contribution in [-0.2, 0) is 6.54 Å². The summed E-state index contributed by atoms with van der Waals surface area (Å²) in [6.45, 7) is 5.99. The molecule has 1 aliphatic carbocycles. The molecule has 2 rings (SSSR count). The summed E-state index contributed by atoms with van der Waals surface area (Å²) in [5, 5.41) is 9.12. The Morgan fingerprint density at radius 3 is 2.83 bits per heavy atom. The van der Waals surface area contributed by atoms with Gasteiger partial charge in [-0.3, -0.25) is 4.90 Å². The van der Waals surface area contributed by atoms with E-state index in [0.29, 0.717) is 12.6 Å². The molecular weight excluding hydrogens is 226 g/mol. The summed E-state index contributed by atoms with van der Waals surface area (Å²) in [5.41, 5.74) is 1.18. The van der Waals surface area contributed by atoms with Gasteiger partial charge in [0.1, 0.15) is 12.4 Å². The summed E-state index contributed by atoms with van der Waals surface area (Å²) in [5.74, 6) is 0.918. The minimum atomic E-state index is 0.214. The molecule has 0 spiro atoms. The molecule has 98 valence electrons. The van der Waals surface area contributed by atoms with Crippen LogP contribution in [0.1, 0.15) is 18.4 Å². The van der Waals surface area contributed by atoms with E-state index in [1.54, 1.807) is 6.08 Å². The molecule has 0 radical (unpaired) electrons. The highest BCUT2D eigenvalue weighted by molar-refractivity contribution is 5.33. The molecule has 3 nitrogen and oxygen atoms in total. The summed E-state index contributed by atoms with van der Waals surface area (Å²) in [4.78, 5) is 2.33. The number of hydrogen-bond donors (Lipinski definition) is 1. The molecule has 18 heavy (non-hydrogen) atoms. The molecular formula is C15H21NO2. The monoisotopic (exact) mass is 247 g/mol. The normalized spacial score (nSPS) is 14.8. The largest absolute Gasteiger partial charge is 0.489 e. The van der Waals surface area contributed by atoms with Crippen LogP contribution in [-0.4, -0.2) is 35.8 Å². The molecule has 0 aromatic heterocycles. The van der Waals surface area contributed by atoms with Crippen molar-refractivity contribution >= 4 is 0 Å². The van der Waals surface area contributed by atoms with E-state index in [0.717, 1.165) is 18.8 Å². The van der Waals surface area contributed by atoms with Crippen LogP contribution in [0.25, 0.3) is 0 Å². The van der Waals surface area contributed by atoms with Crippen molar-refractivity contribution in [3.63, 3.8) is 0 Å². The van der Waals surface area contributed by atoms with Crippen molar-refractivity contribution in [3.8, 4) is 5.75 Å². The van der Waals surface area contributed by atoms with Gasteiger partial charge < -0.3 is 9.84 Å². The summed E-state index contributed by atoms with van der Waals surface area (Å²) >= 11 is 0. The molecule has 1 aliphatic rings. The second-order valence-electron chi connectivity index (χ2n) is 4.63. The van der Waals surface area contributed by atoms with E-state index in [2.05, 4.69) is 17.5 Å². The lowest BCUT2D eigenvalue weighted by Gasteiger charge is -2.22. The molecule has 1 aromatic carbocycles. The van der Waals surface area contributed by atoms with E-state index in [4.69, 9.17) is 9.84 Å². The molecule has 0 atom stereocenters. The predicted molar refractivity (Wildman–Crippen MR) is 72.7 cm³/mol. The molecule has 1 aromatic rings. The fourth-order valence-electron chi connectivity index (χ4n) is 2.10. The van der Waals surface area contributed by atoms with Crippen molar-refractivity contribution in [1.82, 2.24) is 4.90 Å². The van der Waals surface area contributed by atoms with Crippen molar-refractivity contribution in [2.75, 3.05) is 19.8 Å². The van der Waals surface area contributed by atoms with Gasteiger partial charge in [-0.05, 0) is 18.9 Å². The Labute approximate surface area is 109 Å². The first kappa shape index (κ1) is 13.1. The summed E-state index contributed by atoms with van der Waals surface area (Å²) in [7, 11) is 0. The third-order valence-corrected chi connectivity index (χ3v) is 3.15. The van der Waals surface area contributed by atoms with Crippen LogP contribution in [0.2, 0.25) is 0 Å². The maximum Gasteiger partial charge on any atom is 0.124 e. The van der Waals surface area contributed by atoms with Crippen LogP contribution < -0.4 is 4.74 Å². The van der Waals surface area contributed by atoms with E-state index in [1.165, 1.54) is 18.4 Å². The van der Waals surface area contributed by atoms with Gasteiger partial charge >= 0.3 is 0 Å². The Balaban J connectivity index is 2.03. The lowest BCUT2D eigenvalue weighted by molar-refractivity contribution is 0.181.